The van der Waals surface area contributed by atoms with E-state index >= 15 is 0 Å². The number of aromatic amines is 2. The minimum Gasteiger partial charge on any atom is -0.465 e. The van der Waals surface area contributed by atoms with Crippen LogP contribution in [0.25, 0.3) is 33.6 Å². The van der Waals surface area contributed by atoms with Crippen LogP contribution in [0, 0.1) is 11.8 Å². The van der Waals surface area contributed by atoms with Crippen LogP contribution < -0.4 is 10.6 Å². The molecule has 4 heterocycles. The topological polar surface area (TPSA) is 186 Å². The van der Waals surface area contributed by atoms with Crippen LogP contribution in [-0.4, -0.2) is 84.6 Å². The molecule has 2 aliphatic heterocycles. The highest BCUT2D eigenvalue weighted by Gasteiger charge is 2.51. The number of ether oxygens (including phenoxy) is 1. The lowest BCUT2D eigenvalue weighted by Gasteiger charge is -2.36. The van der Waals surface area contributed by atoms with Crippen molar-refractivity contribution in [2.24, 2.45) is 11.8 Å². The van der Waals surface area contributed by atoms with Crippen LogP contribution in [-0.2, 0) is 14.3 Å². The van der Waals surface area contributed by atoms with Gasteiger partial charge < -0.3 is 40.2 Å². The number of piperidine rings is 1. The predicted molar refractivity (Wildman–Crippen MR) is 216 cm³/mol. The first-order chi connectivity index (χ1) is 28.1. The van der Waals surface area contributed by atoms with Crippen molar-refractivity contribution in [2.75, 3.05) is 13.7 Å². The van der Waals surface area contributed by atoms with Crippen molar-refractivity contribution >= 4 is 24.0 Å². The summed E-state index contributed by atoms with van der Waals surface area (Å²) in [5.74, 6) is 1.11. The number of hydrogen-bond donors (Lipinski definition) is 5. The van der Waals surface area contributed by atoms with Crippen LogP contribution in [0.2, 0.25) is 0 Å². The molecule has 8 rings (SSSR count). The second kappa shape index (κ2) is 16.2. The minimum absolute atomic E-state index is 0.0725. The van der Waals surface area contributed by atoms with Gasteiger partial charge in [0.2, 0.25) is 5.91 Å². The number of alkyl carbamates (subject to hydrolysis) is 1. The van der Waals surface area contributed by atoms with Crippen molar-refractivity contribution in [3.63, 3.8) is 0 Å². The maximum Gasteiger partial charge on any atom is 0.407 e. The maximum absolute atomic E-state index is 14.3. The Kier molecular flexibility index (Phi) is 10.7. The van der Waals surface area contributed by atoms with Gasteiger partial charge >= 0.3 is 12.2 Å². The molecule has 0 unspecified atom stereocenters. The summed E-state index contributed by atoms with van der Waals surface area (Å²) in [5, 5.41) is 14.5. The Hall–Kier alpha value is -6.44. The summed E-state index contributed by atoms with van der Waals surface area (Å²) in [7, 11) is 1.29. The molecule has 6 atom stereocenters. The number of nitrogens with one attached hydrogen (secondary N) is 4. The number of rotatable bonds is 11. The van der Waals surface area contributed by atoms with E-state index in [4.69, 9.17) is 9.72 Å². The number of nitrogens with zero attached hydrogens (tertiary/aromatic N) is 4. The molecule has 14 nitrogen and oxygen atoms in total. The van der Waals surface area contributed by atoms with Crippen molar-refractivity contribution < 1.29 is 29.0 Å². The Morgan fingerprint density at radius 2 is 1.38 bits per heavy atom. The first-order valence-electron chi connectivity index (χ1n) is 19.9. The third kappa shape index (κ3) is 7.53. The second-order valence-corrected chi connectivity index (χ2v) is 15.8. The Morgan fingerprint density at radius 1 is 0.776 bits per heavy atom. The molecular weight excluding hydrogens is 737 g/mol. The van der Waals surface area contributed by atoms with Crippen molar-refractivity contribution in [1.29, 1.82) is 0 Å². The number of imidazole rings is 2. The number of carboxylic acid groups (broad SMARTS) is 1. The molecule has 3 fully saturated rings. The molecule has 1 saturated carbocycles. The van der Waals surface area contributed by atoms with E-state index in [2.05, 4.69) is 62.0 Å². The van der Waals surface area contributed by atoms with Gasteiger partial charge in [-0.2, -0.15) is 0 Å². The zero-order valence-corrected chi connectivity index (χ0v) is 32.7. The average molecular weight is 785 g/mol. The molecule has 3 aromatic carbocycles. The molecule has 0 spiro atoms. The van der Waals surface area contributed by atoms with Crippen molar-refractivity contribution in [3.05, 3.63) is 108 Å². The number of hydrogen-bond acceptors (Lipinski definition) is 7. The van der Waals surface area contributed by atoms with Crippen LogP contribution in [0.1, 0.15) is 81.3 Å². The zero-order valence-electron chi connectivity index (χ0n) is 32.7. The third-order valence-electron chi connectivity index (χ3n) is 11.9. The molecule has 300 valence electrons. The van der Waals surface area contributed by atoms with Crippen molar-refractivity contribution in [3.8, 4) is 33.6 Å². The number of methoxy groups -OCH3 is 1. The highest BCUT2D eigenvalue weighted by atomic mass is 16.5. The minimum atomic E-state index is -1.21. The fraction of sp³-hybridized carbons (Fsp3) is 0.364. The molecule has 0 radical (unpaired) electrons. The van der Waals surface area contributed by atoms with Crippen LogP contribution in [0.4, 0.5) is 9.59 Å². The van der Waals surface area contributed by atoms with Gasteiger partial charge in [0.25, 0.3) is 5.91 Å². The van der Waals surface area contributed by atoms with Gasteiger partial charge in [-0.3, -0.25) is 9.59 Å². The highest BCUT2D eigenvalue weighted by molar-refractivity contribution is 5.88. The van der Waals surface area contributed by atoms with Crippen LogP contribution in [0.15, 0.2) is 91.3 Å². The zero-order chi connectivity index (χ0) is 40.5. The molecule has 14 heteroatoms. The Labute approximate surface area is 336 Å². The largest absolute Gasteiger partial charge is 0.465 e. The lowest BCUT2D eigenvalue weighted by molar-refractivity contribution is -0.138. The Bertz CT molecular complexity index is 2270. The Balaban J connectivity index is 0.950. The summed E-state index contributed by atoms with van der Waals surface area (Å²) >= 11 is 0. The molecule has 5 N–H and O–H groups in total. The Morgan fingerprint density at radius 3 is 1.98 bits per heavy atom. The van der Waals surface area contributed by atoms with Crippen molar-refractivity contribution in [1.82, 2.24) is 40.4 Å². The number of carbonyl (C=O) groups is 4. The highest BCUT2D eigenvalue weighted by Crippen LogP contribution is 2.50. The molecule has 4 amide bonds. The summed E-state index contributed by atoms with van der Waals surface area (Å²) in [5.41, 5.74) is 6.40. The normalized spacial score (nSPS) is 20.9. The van der Waals surface area contributed by atoms with Crippen LogP contribution in [0.5, 0.6) is 0 Å². The molecule has 3 aliphatic rings. The van der Waals surface area contributed by atoms with Gasteiger partial charge in [-0.1, -0.05) is 92.7 Å². The third-order valence-corrected chi connectivity index (χ3v) is 11.9. The smallest absolute Gasteiger partial charge is 0.407 e. The van der Waals surface area contributed by atoms with E-state index < -0.39 is 24.3 Å². The van der Waals surface area contributed by atoms with Gasteiger partial charge in [0.05, 0.1) is 43.0 Å². The van der Waals surface area contributed by atoms with E-state index in [0.29, 0.717) is 17.9 Å². The van der Waals surface area contributed by atoms with E-state index in [9.17, 15) is 24.3 Å². The summed E-state index contributed by atoms with van der Waals surface area (Å²) in [6, 6.07) is 23.6. The molecule has 2 saturated heterocycles. The number of likely N-dealkylation sites (tertiary alicyclic amines) is 2. The summed E-state index contributed by atoms with van der Waals surface area (Å²) in [6.07, 6.45) is 6.11. The number of fused-ring (bicyclic) bond motifs is 2. The van der Waals surface area contributed by atoms with E-state index in [1.165, 1.54) is 7.11 Å². The maximum atomic E-state index is 14.3. The number of amides is 4. The predicted octanol–water partition coefficient (Wildman–Crippen LogP) is 7.24. The molecular formula is C44H48N8O6. The molecule has 1 aliphatic carbocycles. The summed E-state index contributed by atoms with van der Waals surface area (Å²) in [4.78, 5) is 71.4. The molecule has 58 heavy (non-hydrogen) atoms. The fourth-order valence-electron chi connectivity index (χ4n) is 9.03. The van der Waals surface area contributed by atoms with Gasteiger partial charge in [-0.05, 0) is 71.8 Å². The van der Waals surface area contributed by atoms with Crippen LogP contribution in [0.3, 0.4) is 0 Å². The van der Waals surface area contributed by atoms with Gasteiger partial charge in [0.1, 0.15) is 23.7 Å². The van der Waals surface area contributed by atoms with Crippen molar-refractivity contribution in [2.45, 2.75) is 76.2 Å². The van der Waals surface area contributed by atoms with Gasteiger partial charge in [-0.15, -0.1) is 0 Å². The van der Waals surface area contributed by atoms with E-state index in [-0.39, 0.29) is 41.8 Å². The monoisotopic (exact) mass is 784 g/mol. The van der Waals surface area contributed by atoms with Gasteiger partial charge in [-0.25, -0.2) is 19.6 Å². The number of benzene rings is 3. The first-order valence-corrected chi connectivity index (χ1v) is 19.9. The van der Waals surface area contributed by atoms with Gasteiger partial charge in [0.15, 0.2) is 0 Å². The van der Waals surface area contributed by atoms with E-state index in [1.807, 2.05) is 67.4 Å². The second-order valence-electron chi connectivity index (χ2n) is 15.8. The lowest BCUT2D eigenvalue weighted by Crippen LogP contribution is -2.50. The van der Waals surface area contributed by atoms with E-state index in [1.54, 1.807) is 11.1 Å². The summed E-state index contributed by atoms with van der Waals surface area (Å²) < 4.78 is 4.88. The lowest BCUT2D eigenvalue weighted by atomic mass is 9.96. The molecule has 2 aromatic heterocycles. The first kappa shape index (κ1) is 38.4. The number of carbonyl (C=O) groups excluding carboxylic acids is 3. The van der Waals surface area contributed by atoms with Gasteiger partial charge in [0, 0.05) is 12.6 Å². The summed E-state index contributed by atoms with van der Waals surface area (Å²) in [6.45, 7) is 4.21. The number of aromatic nitrogens is 4. The number of H-pyrrole nitrogens is 2. The van der Waals surface area contributed by atoms with Crippen LogP contribution >= 0.6 is 0 Å². The fourth-order valence-corrected chi connectivity index (χ4v) is 9.03. The van der Waals surface area contributed by atoms with E-state index in [0.717, 1.165) is 71.6 Å². The average Bonchev–Trinajstić information content (AvgIpc) is 4.10. The molecule has 2 bridgehead atoms. The molecule has 5 aromatic rings. The SMILES string of the molecule is COC(=O)N[C@@H](C(=O)N1[C@@H]2CC[C@@H](C2)[C@H]1c1ncc(-c2ccc(-c3ccc(-c4cnc([C@@H]5CCCN5C(=O)[C@@H](NC(=O)O)C(C)C)[nH]4)cc3)cc2)[nH]1)c1ccccc1. The standard InChI is InChI=1S/C44H48N8O6/c1-25(2)36(49-43(55)56)41(53)51-21-7-10-35(51)39-45-23-33(47-39)28-15-11-26(12-16-28)27-13-17-29(18-14-27)34-24-46-40(48-34)38-31-19-20-32(22-31)52(38)42(54)37(50-44(57)58-3)30-8-5-4-6-9-30/h4-6,8-9,11-18,23-25,31-32,35-38,49H,7,10,19-22H2,1-3H3,(H,45,47)(H,46,48)(H,50,57)(H,55,56)/t31-,32+,35-,36-,37+,38-/m0/s1. The quantitative estimate of drug-likeness (QED) is 0.0928.